The second-order valence-corrected chi connectivity index (χ2v) is 9.16. The van der Waals surface area contributed by atoms with Crippen LogP contribution in [0.3, 0.4) is 0 Å². The van der Waals surface area contributed by atoms with Crippen molar-refractivity contribution in [2.24, 2.45) is 28.6 Å². The Morgan fingerprint density at radius 3 is 2.27 bits per heavy atom. The van der Waals surface area contributed by atoms with Crippen molar-refractivity contribution in [1.29, 1.82) is 0 Å². The molecule has 0 aromatic carbocycles. The van der Waals surface area contributed by atoms with Gasteiger partial charge in [-0.05, 0) is 81.5 Å². The predicted octanol–water partition coefficient (Wildman–Crippen LogP) is 2.97. The minimum atomic E-state index is 0.186. The summed E-state index contributed by atoms with van der Waals surface area (Å²) in [4.78, 5) is 0. The van der Waals surface area contributed by atoms with Gasteiger partial charge in [-0.1, -0.05) is 0 Å². The highest BCUT2D eigenvalue weighted by Gasteiger charge is 2.53. The summed E-state index contributed by atoms with van der Waals surface area (Å²) >= 11 is 0. The summed E-state index contributed by atoms with van der Waals surface area (Å²) in [6.45, 7) is 5.45. The normalized spacial score (nSPS) is 48.0. The number of hydrogen-bond donors (Lipinski definition) is 2. The molecule has 22 heavy (non-hydrogen) atoms. The average Bonchev–Trinajstić information content (AvgIpc) is 2.93. The van der Waals surface area contributed by atoms with E-state index in [-0.39, 0.29) is 12.0 Å². The van der Waals surface area contributed by atoms with E-state index in [9.17, 15) is 5.11 Å². The molecule has 5 aliphatic rings. The van der Waals surface area contributed by atoms with Crippen molar-refractivity contribution in [3.05, 3.63) is 0 Å². The third-order valence-corrected chi connectivity index (χ3v) is 7.61. The summed E-state index contributed by atoms with van der Waals surface area (Å²) in [7, 11) is 0. The quantitative estimate of drug-likeness (QED) is 0.793. The Hall–Kier alpha value is -0.120. The fourth-order valence-electron chi connectivity index (χ4n) is 6.61. The van der Waals surface area contributed by atoms with E-state index >= 15 is 0 Å². The maximum atomic E-state index is 9.40. The van der Waals surface area contributed by atoms with Gasteiger partial charge in [0, 0.05) is 31.2 Å². The van der Waals surface area contributed by atoms with E-state index < -0.39 is 0 Å². The van der Waals surface area contributed by atoms with Gasteiger partial charge < -0.3 is 15.2 Å². The molecule has 0 aromatic heterocycles. The van der Waals surface area contributed by atoms with Gasteiger partial charge in [-0.3, -0.25) is 0 Å². The van der Waals surface area contributed by atoms with E-state index in [0.29, 0.717) is 11.5 Å². The molecule has 4 saturated carbocycles. The Morgan fingerprint density at radius 1 is 1.14 bits per heavy atom. The Morgan fingerprint density at radius 2 is 1.77 bits per heavy atom. The first-order valence-electron chi connectivity index (χ1n) is 9.55. The van der Waals surface area contributed by atoms with E-state index in [1.54, 1.807) is 0 Å². The van der Waals surface area contributed by atoms with E-state index in [2.05, 4.69) is 12.2 Å². The topological polar surface area (TPSA) is 41.5 Å². The number of aliphatic hydroxyl groups excluding tert-OH is 1. The molecule has 2 atom stereocenters. The first-order chi connectivity index (χ1) is 10.6. The van der Waals surface area contributed by atoms with Crippen molar-refractivity contribution in [2.45, 2.75) is 64.3 Å². The van der Waals surface area contributed by atoms with Gasteiger partial charge in [0.05, 0.1) is 6.61 Å². The van der Waals surface area contributed by atoms with Gasteiger partial charge in [-0.2, -0.15) is 0 Å². The van der Waals surface area contributed by atoms with Crippen LogP contribution in [0.15, 0.2) is 0 Å². The Kier molecular flexibility index (Phi) is 4.03. The summed E-state index contributed by atoms with van der Waals surface area (Å²) in [6.07, 6.45) is 11.0. The fourth-order valence-corrected chi connectivity index (χ4v) is 6.61. The zero-order valence-electron chi connectivity index (χ0n) is 14.2. The first kappa shape index (κ1) is 15.4. The van der Waals surface area contributed by atoms with Crippen molar-refractivity contribution >= 4 is 0 Å². The van der Waals surface area contributed by atoms with Gasteiger partial charge in [0.2, 0.25) is 0 Å². The molecule has 0 aromatic rings. The van der Waals surface area contributed by atoms with Gasteiger partial charge >= 0.3 is 0 Å². The summed E-state index contributed by atoms with van der Waals surface area (Å²) in [5, 5.41) is 13.3. The van der Waals surface area contributed by atoms with Crippen molar-refractivity contribution in [1.82, 2.24) is 5.32 Å². The Bertz CT molecular complexity index is 367. The summed E-state index contributed by atoms with van der Waals surface area (Å²) < 4.78 is 5.64. The highest BCUT2D eigenvalue weighted by atomic mass is 16.5. The minimum absolute atomic E-state index is 0.186. The smallest absolute Gasteiger partial charge is 0.0536 e. The van der Waals surface area contributed by atoms with Gasteiger partial charge in [0.15, 0.2) is 0 Å². The van der Waals surface area contributed by atoms with Crippen LogP contribution in [-0.2, 0) is 4.74 Å². The summed E-state index contributed by atoms with van der Waals surface area (Å²) in [5.41, 5.74) is 0.764. The summed E-state index contributed by atoms with van der Waals surface area (Å²) in [6, 6.07) is 0.622. The molecule has 5 rings (SSSR count). The third kappa shape index (κ3) is 2.63. The number of aliphatic hydroxyl groups is 1. The van der Waals surface area contributed by atoms with Gasteiger partial charge in [0.25, 0.3) is 0 Å². The van der Waals surface area contributed by atoms with E-state index in [4.69, 9.17) is 4.74 Å². The maximum absolute atomic E-state index is 9.40. The second-order valence-electron chi connectivity index (χ2n) is 9.16. The second kappa shape index (κ2) is 5.75. The van der Waals surface area contributed by atoms with Gasteiger partial charge in [-0.25, -0.2) is 0 Å². The molecule has 2 N–H and O–H groups in total. The van der Waals surface area contributed by atoms with Crippen LogP contribution in [0.25, 0.3) is 0 Å². The van der Waals surface area contributed by atoms with Crippen LogP contribution in [-0.4, -0.2) is 37.5 Å². The lowest BCUT2D eigenvalue weighted by atomic mass is 9.48. The number of ether oxygens (including phenoxy) is 1. The maximum Gasteiger partial charge on any atom is 0.0536 e. The minimum Gasteiger partial charge on any atom is -0.396 e. The van der Waals surface area contributed by atoms with Crippen LogP contribution in [0.4, 0.5) is 0 Å². The Balaban J connectivity index is 1.40. The fraction of sp³-hybridized carbons (Fsp3) is 1.00. The van der Waals surface area contributed by atoms with Crippen molar-refractivity contribution in [3.63, 3.8) is 0 Å². The number of hydrogen-bond acceptors (Lipinski definition) is 3. The zero-order chi connectivity index (χ0) is 15.2. The van der Waals surface area contributed by atoms with E-state index in [1.165, 1.54) is 38.5 Å². The molecule has 0 amide bonds. The van der Waals surface area contributed by atoms with Crippen LogP contribution in [0, 0.1) is 28.6 Å². The molecule has 1 aliphatic heterocycles. The van der Waals surface area contributed by atoms with Crippen molar-refractivity contribution in [3.8, 4) is 0 Å². The summed E-state index contributed by atoms with van der Waals surface area (Å²) in [5.74, 6) is 3.07. The average molecular weight is 307 g/mol. The molecule has 4 aliphatic carbocycles. The van der Waals surface area contributed by atoms with Crippen LogP contribution in [0.2, 0.25) is 0 Å². The number of rotatable bonds is 6. The van der Waals surface area contributed by atoms with Gasteiger partial charge in [0.1, 0.15) is 0 Å². The largest absolute Gasteiger partial charge is 0.396 e. The lowest BCUT2D eigenvalue weighted by Gasteiger charge is -2.59. The predicted molar refractivity (Wildman–Crippen MR) is 87.6 cm³/mol. The standard InChI is InChI=1S/C19H33NO2/c1-14(20-12-18(2-4-21)3-5-22-13-18)19-9-15-6-16(10-19)8-17(7-15)11-19/h14-17,20-21H,2-13H2,1H3/t14-,15?,16?,17?,18-,19?/m1/s1. The molecule has 0 radical (unpaired) electrons. The van der Waals surface area contributed by atoms with Crippen LogP contribution < -0.4 is 5.32 Å². The third-order valence-electron chi connectivity index (χ3n) is 7.61. The molecular weight excluding hydrogens is 274 g/mol. The molecule has 1 saturated heterocycles. The van der Waals surface area contributed by atoms with Crippen LogP contribution in [0.5, 0.6) is 0 Å². The molecule has 0 spiro atoms. The molecule has 0 unspecified atom stereocenters. The molecule has 5 fully saturated rings. The Labute approximate surface area is 135 Å². The SMILES string of the molecule is C[C@@H](NC[C@@]1(CCO)CCOC1)C12CC3CC(CC(C3)C1)C2. The molecular formula is C19H33NO2. The molecule has 3 heteroatoms. The lowest BCUT2D eigenvalue weighted by molar-refractivity contribution is -0.0720. The van der Waals surface area contributed by atoms with Crippen molar-refractivity contribution in [2.75, 3.05) is 26.4 Å². The first-order valence-corrected chi connectivity index (χ1v) is 9.55. The number of nitrogens with one attached hydrogen (secondary N) is 1. The highest BCUT2D eigenvalue weighted by molar-refractivity contribution is 5.05. The van der Waals surface area contributed by atoms with E-state index in [0.717, 1.165) is 50.4 Å². The van der Waals surface area contributed by atoms with Crippen molar-refractivity contribution < 1.29 is 9.84 Å². The van der Waals surface area contributed by atoms with Gasteiger partial charge in [-0.15, -0.1) is 0 Å². The van der Waals surface area contributed by atoms with Crippen LogP contribution >= 0.6 is 0 Å². The molecule has 126 valence electrons. The molecule has 3 nitrogen and oxygen atoms in total. The monoisotopic (exact) mass is 307 g/mol. The highest BCUT2D eigenvalue weighted by Crippen LogP contribution is 2.61. The molecule has 1 heterocycles. The lowest BCUT2D eigenvalue weighted by Crippen LogP contribution is -2.56. The zero-order valence-corrected chi connectivity index (χ0v) is 14.2. The molecule has 4 bridgehead atoms. The van der Waals surface area contributed by atoms with E-state index in [1.807, 2.05) is 0 Å². The van der Waals surface area contributed by atoms with Crippen LogP contribution in [0.1, 0.15) is 58.3 Å².